The Labute approximate surface area is 126 Å². The maximum absolute atomic E-state index is 12.2. The molecular weight excluding hydrogens is 268 g/mol. The Hall–Kier alpha value is -1.26. The number of hydrogen-bond acceptors (Lipinski definition) is 3. The molecule has 0 spiro atoms. The molecule has 21 heavy (non-hydrogen) atoms. The maximum atomic E-state index is 12.2. The summed E-state index contributed by atoms with van der Waals surface area (Å²) in [5.41, 5.74) is -0.460. The summed E-state index contributed by atoms with van der Waals surface area (Å²) in [4.78, 5) is 28.2. The second-order valence-corrected chi connectivity index (χ2v) is 7.85. The van der Waals surface area contributed by atoms with Gasteiger partial charge in [-0.05, 0) is 51.4 Å². The molecule has 3 aliphatic rings. The smallest absolute Gasteiger partial charge is 0.410 e. The molecule has 1 aliphatic carbocycles. The fourth-order valence-corrected chi connectivity index (χ4v) is 3.38. The lowest BCUT2D eigenvalue weighted by Crippen LogP contribution is -2.44. The Kier molecular flexibility index (Phi) is 3.62. The van der Waals surface area contributed by atoms with E-state index in [1.807, 2.05) is 25.7 Å². The van der Waals surface area contributed by atoms with Gasteiger partial charge in [0.1, 0.15) is 5.60 Å². The number of nitrogens with zero attached hydrogens (tertiary/aromatic N) is 2. The largest absolute Gasteiger partial charge is 0.444 e. The third-order valence-corrected chi connectivity index (χ3v) is 4.65. The number of carbonyl (C=O) groups is 2. The molecule has 5 heteroatoms. The van der Waals surface area contributed by atoms with E-state index in [0.29, 0.717) is 24.8 Å². The number of fused-ring (bicyclic) bond motifs is 1. The van der Waals surface area contributed by atoms with Gasteiger partial charge in [-0.15, -0.1) is 0 Å². The van der Waals surface area contributed by atoms with Crippen molar-refractivity contribution in [2.24, 2.45) is 17.8 Å². The maximum Gasteiger partial charge on any atom is 0.410 e. The van der Waals surface area contributed by atoms with Crippen molar-refractivity contribution >= 4 is 12.0 Å². The molecule has 3 fully saturated rings. The first-order valence-corrected chi connectivity index (χ1v) is 8.07. The fraction of sp³-hybridized carbons (Fsp3) is 0.875. The van der Waals surface area contributed by atoms with Gasteiger partial charge in [0, 0.05) is 32.6 Å². The molecule has 0 aromatic rings. The van der Waals surface area contributed by atoms with Crippen molar-refractivity contribution in [3.8, 4) is 0 Å². The van der Waals surface area contributed by atoms with Crippen molar-refractivity contribution < 1.29 is 14.3 Å². The molecular formula is C16H26N2O3. The Balaban J connectivity index is 1.57. The van der Waals surface area contributed by atoms with Gasteiger partial charge >= 0.3 is 6.09 Å². The molecule has 0 radical (unpaired) electrons. The summed E-state index contributed by atoms with van der Waals surface area (Å²) in [5.74, 6) is 1.75. The van der Waals surface area contributed by atoms with Crippen molar-refractivity contribution in [1.29, 1.82) is 0 Å². The van der Waals surface area contributed by atoms with Gasteiger partial charge in [-0.3, -0.25) is 4.79 Å². The van der Waals surface area contributed by atoms with E-state index >= 15 is 0 Å². The number of likely N-dealkylation sites (tertiary alicyclic amines) is 2. The first-order valence-electron chi connectivity index (χ1n) is 8.07. The molecule has 0 aromatic carbocycles. The molecule has 2 aliphatic heterocycles. The molecule has 5 nitrogen and oxygen atoms in total. The summed E-state index contributed by atoms with van der Waals surface area (Å²) in [5, 5.41) is 0. The molecule has 0 unspecified atom stereocenters. The van der Waals surface area contributed by atoms with Gasteiger partial charge in [0.25, 0.3) is 0 Å². The van der Waals surface area contributed by atoms with Crippen LogP contribution in [0.25, 0.3) is 0 Å². The molecule has 118 valence electrons. The van der Waals surface area contributed by atoms with E-state index in [4.69, 9.17) is 4.74 Å². The van der Waals surface area contributed by atoms with Crippen molar-refractivity contribution in [3.05, 3.63) is 0 Å². The van der Waals surface area contributed by atoms with E-state index < -0.39 is 5.60 Å². The zero-order valence-corrected chi connectivity index (χ0v) is 13.3. The number of carbonyl (C=O) groups excluding carboxylic acids is 2. The van der Waals surface area contributed by atoms with Crippen LogP contribution in [0.5, 0.6) is 0 Å². The van der Waals surface area contributed by atoms with E-state index in [9.17, 15) is 9.59 Å². The summed E-state index contributed by atoms with van der Waals surface area (Å²) < 4.78 is 5.44. The van der Waals surface area contributed by atoms with Crippen LogP contribution < -0.4 is 0 Å². The van der Waals surface area contributed by atoms with Gasteiger partial charge in [-0.1, -0.05) is 0 Å². The van der Waals surface area contributed by atoms with E-state index in [2.05, 4.69) is 0 Å². The van der Waals surface area contributed by atoms with Gasteiger partial charge in [-0.2, -0.15) is 0 Å². The zero-order valence-electron chi connectivity index (χ0n) is 13.3. The quantitative estimate of drug-likeness (QED) is 0.784. The lowest BCUT2D eigenvalue weighted by molar-refractivity contribution is -0.136. The van der Waals surface area contributed by atoms with Crippen LogP contribution >= 0.6 is 0 Å². The van der Waals surface area contributed by atoms with Crippen molar-refractivity contribution in [3.63, 3.8) is 0 Å². The molecule has 2 amide bonds. The predicted molar refractivity (Wildman–Crippen MR) is 78.7 cm³/mol. The van der Waals surface area contributed by atoms with Gasteiger partial charge in [0.2, 0.25) is 5.91 Å². The van der Waals surface area contributed by atoms with Crippen LogP contribution in [0.1, 0.15) is 40.0 Å². The normalized spacial score (nSPS) is 29.6. The lowest BCUT2D eigenvalue weighted by atomic mass is 9.88. The highest BCUT2D eigenvalue weighted by Crippen LogP contribution is 2.36. The van der Waals surface area contributed by atoms with Crippen LogP contribution in [0.2, 0.25) is 0 Å². The molecule has 1 saturated carbocycles. The fourth-order valence-electron chi connectivity index (χ4n) is 3.38. The first-order chi connectivity index (χ1) is 9.82. The van der Waals surface area contributed by atoms with Crippen molar-refractivity contribution in [1.82, 2.24) is 9.80 Å². The number of ether oxygens (including phenoxy) is 1. The van der Waals surface area contributed by atoms with Gasteiger partial charge in [0.15, 0.2) is 0 Å². The van der Waals surface area contributed by atoms with E-state index in [1.165, 1.54) is 12.8 Å². The molecule has 2 saturated heterocycles. The first kappa shape index (κ1) is 14.7. The third-order valence-electron chi connectivity index (χ3n) is 4.65. The lowest BCUT2D eigenvalue weighted by Gasteiger charge is -2.34. The van der Waals surface area contributed by atoms with Crippen LogP contribution in [-0.4, -0.2) is 53.6 Å². The van der Waals surface area contributed by atoms with Crippen LogP contribution in [-0.2, 0) is 9.53 Å². The van der Waals surface area contributed by atoms with Gasteiger partial charge in [-0.25, -0.2) is 4.79 Å². The molecule has 0 aromatic heterocycles. The average molecular weight is 294 g/mol. The minimum absolute atomic E-state index is 0.238. The summed E-state index contributed by atoms with van der Waals surface area (Å²) in [7, 11) is 0. The average Bonchev–Trinajstić information content (AvgIpc) is 3.06. The van der Waals surface area contributed by atoms with Crippen LogP contribution in [0.3, 0.4) is 0 Å². The summed E-state index contributed by atoms with van der Waals surface area (Å²) in [6.07, 6.45) is 2.89. The molecule has 0 N–H and O–H groups in total. The van der Waals surface area contributed by atoms with E-state index in [1.54, 1.807) is 4.90 Å². The number of amides is 2. The molecule has 0 bridgehead atoms. The standard InChI is InChI=1S/C16H26N2O3/c1-16(2,3)21-15(20)18-8-12-6-14(19)17(7-11-4-5-11)9-13(12)10-18/h11-13H,4-10H2,1-3H3/t12-,13+/m1/s1. The van der Waals surface area contributed by atoms with Crippen LogP contribution in [0.4, 0.5) is 4.79 Å². The minimum Gasteiger partial charge on any atom is -0.444 e. The number of piperidine rings is 1. The van der Waals surface area contributed by atoms with Crippen LogP contribution in [0.15, 0.2) is 0 Å². The predicted octanol–water partition coefficient (Wildman–Crippen LogP) is 2.11. The monoisotopic (exact) mass is 294 g/mol. The Bertz CT molecular complexity index is 439. The zero-order chi connectivity index (χ0) is 15.2. The Morgan fingerprint density at radius 1 is 1.19 bits per heavy atom. The topological polar surface area (TPSA) is 49.9 Å². The summed E-state index contributed by atoms with van der Waals surface area (Å²) in [6.45, 7) is 8.79. The molecule has 2 heterocycles. The van der Waals surface area contributed by atoms with Crippen LogP contribution in [0, 0.1) is 17.8 Å². The van der Waals surface area contributed by atoms with Gasteiger partial charge in [0.05, 0.1) is 0 Å². The second kappa shape index (κ2) is 5.18. The highest BCUT2D eigenvalue weighted by Gasteiger charge is 2.43. The summed E-state index contributed by atoms with van der Waals surface area (Å²) >= 11 is 0. The van der Waals surface area contributed by atoms with Gasteiger partial charge < -0.3 is 14.5 Å². The van der Waals surface area contributed by atoms with E-state index in [0.717, 1.165) is 25.6 Å². The van der Waals surface area contributed by atoms with Crippen molar-refractivity contribution in [2.75, 3.05) is 26.2 Å². The highest BCUT2D eigenvalue weighted by atomic mass is 16.6. The highest BCUT2D eigenvalue weighted by molar-refractivity contribution is 5.78. The minimum atomic E-state index is -0.460. The number of hydrogen-bond donors (Lipinski definition) is 0. The van der Waals surface area contributed by atoms with E-state index in [-0.39, 0.29) is 12.0 Å². The molecule has 3 rings (SSSR count). The number of rotatable bonds is 2. The SMILES string of the molecule is CC(C)(C)OC(=O)N1C[C@H]2CC(=O)N(CC3CC3)C[C@H]2C1. The van der Waals surface area contributed by atoms with Crippen molar-refractivity contribution in [2.45, 2.75) is 45.6 Å². The Morgan fingerprint density at radius 3 is 2.48 bits per heavy atom. The molecule has 2 atom stereocenters. The third kappa shape index (κ3) is 3.50. The summed E-state index contributed by atoms with van der Waals surface area (Å²) in [6, 6.07) is 0. The second-order valence-electron chi connectivity index (χ2n) is 7.85. The Morgan fingerprint density at radius 2 is 1.86 bits per heavy atom.